The molecule has 1 aromatic rings. The predicted molar refractivity (Wildman–Crippen MR) is 75.7 cm³/mol. The number of carbonyl (C=O) groups is 1. The first kappa shape index (κ1) is 15.7. The van der Waals surface area contributed by atoms with Crippen molar-refractivity contribution >= 4 is 5.91 Å². The van der Waals surface area contributed by atoms with Crippen LogP contribution in [0.3, 0.4) is 0 Å². The average molecular weight is 267 g/mol. The maximum atomic E-state index is 12.2. The van der Waals surface area contributed by atoms with E-state index in [-0.39, 0.29) is 5.91 Å². The van der Waals surface area contributed by atoms with Crippen LogP contribution in [-0.2, 0) is 11.3 Å². The van der Waals surface area contributed by atoms with E-state index in [4.69, 9.17) is 10.2 Å². The molecule has 1 aromatic heterocycles. The van der Waals surface area contributed by atoms with E-state index in [0.29, 0.717) is 19.5 Å². The minimum absolute atomic E-state index is 0.0154. The van der Waals surface area contributed by atoms with Crippen molar-refractivity contribution in [3.05, 3.63) is 23.7 Å². The van der Waals surface area contributed by atoms with Crippen molar-refractivity contribution < 1.29 is 9.21 Å². The first-order valence-electron chi connectivity index (χ1n) is 6.68. The highest BCUT2D eigenvalue weighted by Gasteiger charge is 2.20. The fraction of sp³-hybridized carbons (Fsp3) is 0.643. The van der Waals surface area contributed by atoms with Crippen LogP contribution in [0.2, 0.25) is 0 Å². The van der Waals surface area contributed by atoms with Crippen LogP contribution in [0.5, 0.6) is 0 Å². The summed E-state index contributed by atoms with van der Waals surface area (Å²) in [6.07, 6.45) is 0.647. The molecule has 0 aliphatic heterocycles. The molecule has 0 bridgehead atoms. The average Bonchev–Trinajstić information content (AvgIpc) is 2.77. The summed E-state index contributed by atoms with van der Waals surface area (Å²) < 4.78 is 5.54. The first-order valence-corrected chi connectivity index (χ1v) is 6.68. The highest BCUT2D eigenvalue weighted by Crippen LogP contribution is 2.11. The van der Waals surface area contributed by atoms with Crippen molar-refractivity contribution in [2.24, 2.45) is 5.73 Å². The van der Waals surface area contributed by atoms with Gasteiger partial charge >= 0.3 is 0 Å². The molecule has 1 rings (SSSR count). The van der Waals surface area contributed by atoms with E-state index in [1.807, 2.05) is 45.0 Å². The lowest BCUT2D eigenvalue weighted by Gasteiger charge is -2.26. The van der Waals surface area contributed by atoms with Gasteiger partial charge in [-0.05, 0) is 39.6 Å². The van der Waals surface area contributed by atoms with Crippen molar-refractivity contribution in [2.75, 3.05) is 27.2 Å². The van der Waals surface area contributed by atoms with Crippen molar-refractivity contribution in [1.82, 2.24) is 9.80 Å². The van der Waals surface area contributed by atoms with Crippen molar-refractivity contribution in [2.45, 2.75) is 32.9 Å². The molecule has 0 aromatic carbocycles. The van der Waals surface area contributed by atoms with E-state index in [9.17, 15) is 4.79 Å². The molecule has 0 fully saturated rings. The second kappa shape index (κ2) is 7.31. The summed E-state index contributed by atoms with van der Waals surface area (Å²) in [5.74, 6) is 1.64. The molecule has 108 valence electrons. The van der Waals surface area contributed by atoms with Gasteiger partial charge in [-0.25, -0.2) is 0 Å². The quantitative estimate of drug-likeness (QED) is 0.806. The standard InChI is InChI=1S/C14H25N3O2/c1-5-13(15)14(18)17(9-8-16(3)4)10-12-7-6-11(2)19-12/h6-7,13H,5,8-10,15H2,1-4H3. The van der Waals surface area contributed by atoms with Crippen LogP contribution in [-0.4, -0.2) is 48.9 Å². The Hall–Kier alpha value is -1.33. The Kier molecular flexibility index (Phi) is 6.05. The lowest BCUT2D eigenvalue weighted by Crippen LogP contribution is -2.45. The van der Waals surface area contributed by atoms with Gasteiger partial charge in [0.2, 0.25) is 5.91 Å². The molecule has 1 heterocycles. The van der Waals surface area contributed by atoms with E-state index in [1.165, 1.54) is 0 Å². The summed E-state index contributed by atoms with van der Waals surface area (Å²) in [6.45, 7) is 5.76. The monoisotopic (exact) mass is 267 g/mol. The van der Waals surface area contributed by atoms with Gasteiger partial charge in [-0.3, -0.25) is 4.79 Å². The third kappa shape index (κ3) is 5.04. The number of nitrogens with zero attached hydrogens (tertiary/aromatic N) is 2. The highest BCUT2D eigenvalue weighted by molar-refractivity contribution is 5.81. The topological polar surface area (TPSA) is 62.7 Å². The Morgan fingerprint density at radius 1 is 1.37 bits per heavy atom. The smallest absolute Gasteiger partial charge is 0.239 e. The zero-order valence-corrected chi connectivity index (χ0v) is 12.3. The van der Waals surface area contributed by atoms with Gasteiger partial charge in [-0.2, -0.15) is 0 Å². The van der Waals surface area contributed by atoms with Gasteiger partial charge in [0.15, 0.2) is 0 Å². The summed E-state index contributed by atoms with van der Waals surface area (Å²) in [4.78, 5) is 16.1. The summed E-state index contributed by atoms with van der Waals surface area (Å²) in [7, 11) is 3.97. The lowest BCUT2D eigenvalue weighted by atomic mass is 10.2. The maximum Gasteiger partial charge on any atom is 0.239 e. The second-order valence-electron chi connectivity index (χ2n) is 5.09. The Morgan fingerprint density at radius 2 is 2.05 bits per heavy atom. The van der Waals surface area contributed by atoms with Gasteiger partial charge in [0.05, 0.1) is 12.6 Å². The van der Waals surface area contributed by atoms with E-state index >= 15 is 0 Å². The zero-order chi connectivity index (χ0) is 14.4. The van der Waals surface area contributed by atoms with Gasteiger partial charge in [0, 0.05) is 13.1 Å². The number of hydrogen-bond acceptors (Lipinski definition) is 4. The third-order valence-electron chi connectivity index (χ3n) is 3.03. The van der Waals surface area contributed by atoms with E-state index in [1.54, 1.807) is 4.90 Å². The second-order valence-corrected chi connectivity index (χ2v) is 5.09. The Balaban J connectivity index is 2.70. The summed E-state index contributed by atoms with van der Waals surface area (Å²) >= 11 is 0. The molecule has 0 radical (unpaired) electrons. The molecule has 1 amide bonds. The molecule has 0 aliphatic rings. The number of carbonyl (C=O) groups excluding carboxylic acids is 1. The normalized spacial score (nSPS) is 12.7. The van der Waals surface area contributed by atoms with Crippen LogP contribution in [0, 0.1) is 6.92 Å². The molecule has 0 saturated carbocycles. The number of likely N-dealkylation sites (N-methyl/N-ethyl adjacent to an activating group) is 1. The summed E-state index contributed by atoms with van der Waals surface area (Å²) in [5.41, 5.74) is 5.85. The van der Waals surface area contributed by atoms with Crippen molar-refractivity contribution in [1.29, 1.82) is 0 Å². The minimum atomic E-state index is -0.432. The lowest BCUT2D eigenvalue weighted by molar-refractivity contribution is -0.133. The minimum Gasteiger partial charge on any atom is -0.464 e. The Labute approximate surface area is 115 Å². The van der Waals surface area contributed by atoms with Crippen LogP contribution < -0.4 is 5.73 Å². The number of rotatable bonds is 7. The Bertz CT molecular complexity index is 401. The summed E-state index contributed by atoms with van der Waals surface area (Å²) in [5, 5.41) is 0. The molecule has 2 N–H and O–H groups in total. The van der Waals surface area contributed by atoms with Gasteiger partial charge in [-0.15, -0.1) is 0 Å². The first-order chi connectivity index (χ1) is 8.93. The molecular formula is C14H25N3O2. The fourth-order valence-corrected chi connectivity index (χ4v) is 1.76. The number of hydrogen-bond donors (Lipinski definition) is 1. The van der Waals surface area contributed by atoms with E-state index in [2.05, 4.69) is 0 Å². The predicted octanol–water partition coefficient (Wildman–Crippen LogP) is 1.22. The molecule has 1 atom stereocenters. The van der Waals surface area contributed by atoms with Crippen molar-refractivity contribution in [3.63, 3.8) is 0 Å². The van der Waals surface area contributed by atoms with Gasteiger partial charge in [0.25, 0.3) is 0 Å². The molecule has 19 heavy (non-hydrogen) atoms. The van der Waals surface area contributed by atoms with E-state index < -0.39 is 6.04 Å². The largest absolute Gasteiger partial charge is 0.464 e. The number of aryl methyl sites for hydroxylation is 1. The highest BCUT2D eigenvalue weighted by atomic mass is 16.3. The maximum absolute atomic E-state index is 12.2. The molecule has 5 nitrogen and oxygen atoms in total. The van der Waals surface area contributed by atoms with Crippen LogP contribution in [0.25, 0.3) is 0 Å². The third-order valence-corrected chi connectivity index (χ3v) is 3.03. The molecular weight excluding hydrogens is 242 g/mol. The number of furan rings is 1. The SMILES string of the molecule is CCC(N)C(=O)N(CCN(C)C)Cc1ccc(C)o1. The number of nitrogens with two attached hydrogens (primary N) is 1. The molecule has 1 unspecified atom stereocenters. The summed E-state index contributed by atoms with van der Waals surface area (Å²) in [6, 6.07) is 3.38. The fourth-order valence-electron chi connectivity index (χ4n) is 1.76. The van der Waals surface area contributed by atoms with Crippen molar-refractivity contribution in [3.8, 4) is 0 Å². The molecule has 0 aliphatic carbocycles. The van der Waals surface area contributed by atoms with Crippen LogP contribution in [0.1, 0.15) is 24.9 Å². The van der Waals surface area contributed by atoms with Crippen LogP contribution in [0.4, 0.5) is 0 Å². The zero-order valence-electron chi connectivity index (χ0n) is 12.3. The van der Waals surface area contributed by atoms with Gasteiger partial charge in [-0.1, -0.05) is 6.92 Å². The van der Waals surface area contributed by atoms with Crippen LogP contribution in [0.15, 0.2) is 16.5 Å². The van der Waals surface area contributed by atoms with Gasteiger partial charge < -0.3 is 20.0 Å². The van der Waals surface area contributed by atoms with Crippen LogP contribution >= 0.6 is 0 Å². The number of amides is 1. The molecule has 0 saturated heterocycles. The Morgan fingerprint density at radius 3 is 2.53 bits per heavy atom. The van der Waals surface area contributed by atoms with E-state index in [0.717, 1.165) is 18.1 Å². The van der Waals surface area contributed by atoms with Gasteiger partial charge in [0.1, 0.15) is 11.5 Å². The molecule has 5 heteroatoms. The molecule has 0 spiro atoms.